The molecule has 6 heteroatoms. The number of benzene rings is 1. The van der Waals surface area contributed by atoms with Crippen molar-refractivity contribution in [3.8, 4) is 0 Å². The smallest absolute Gasteiger partial charge is 0.410 e. The van der Waals surface area contributed by atoms with Gasteiger partial charge in [0.1, 0.15) is 5.60 Å². The van der Waals surface area contributed by atoms with E-state index in [1.54, 1.807) is 0 Å². The number of rotatable bonds is 3. The number of likely N-dealkylation sites (tertiary alicyclic amines) is 1. The first-order chi connectivity index (χ1) is 11.2. The first kappa shape index (κ1) is 19.7. The van der Waals surface area contributed by atoms with Gasteiger partial charge in [0.05, 0.1) is 0 Å². The molecular weight excluding hydrogens is 436 g/mol. The molecule has 1 aromatic rings. The van der Waals surface area contributed by atoms with E-state index in [-0.39, 0.29) is 12.1 Å². The van der Waals surface area contributed by atoms with Gasteiger partial charge in [0.2, 0.25) is 0 Å². The summed E-state index contributed by atoms with van der Waals surface area (Å²) in [5.41, 5.74) is 0.807. The van der Waals surface area contributed by atoms with Crippen LogP contribution in [-0.2, 0) is 4.74 Å². The summed E-state index contributed by atoms with van der Waals surface area (Å²) in [6.07, 6.45) is 1.68. The minimum atomic E-state index is -0.436. The molecular formula is C18H26Br2N2O2. The number of hydrogen-bond acceptors (Lipinski definition) is 3. The van der Waals surface area contributed by atoms with Crippen LogP contribution in [-0.4, -0.2) is 35.7 Å². The second kappa shape index (κ2) is 8.19. The minimum Gasteiger partial charge on any atom is -0.444 e. The fraction of sp³-hybridized carbons (Fsp3) is 0.611. The molecule has 1 atom stereocenters. The van der Waals surface area contributed by atoms with Gasteiger partial charge in [-0.2, -0.15) is 0 Å². The van der Waals surface area contributed by atoms with Crippen molar-refractivity contribution < 1.29 is 9.53 Å². The topological polar surface area (TPSA) is 41.6 Å². The van der Waals surface area contributed by atoms with Crippen LogP contribution in [0.4, 0.5) is 4.79 Å². The average Bonchev–Trinajstić information content (AvgIpc) is 2.45. The highest BCUT2D eigenvalue weighted by atomic mass is 79.9. The molecule has 0 bridgehead atoms. The van der Waals surface area contributed by atoms with Crippen molar-refractivity contribution in [2.45, 2.75) is 58.2 Å². The van der Waals surface area contributed by atoms with Crippen molar-refractivity contribution in [2.24, 2.45) is 0 Å². The summed E-state index contributed by atoms with van der Waals surface area (Å²) in [5.74, 6) is 0. The molecule has 1 aromatic carbocycles. The third kappa shape index (κ3) is 5.74. The molecule has 1 N–H and O–H groups in total. The van der Waals surface area contributed by atoms with Gasteiger partial charge in [0, 0.05) is 34.1 Å². The van der Waals surface area contributed by atoms with Gasteiger partial charge in [-0.3, -0.25) is 0 Å². The highest BCUT2D eigenvalue weighted by molar-refractivity contribution is 9.11. The van der Waals surface area contributed by atoms with E-state index in [1.165, 1.54) is 5.56 Å². The van der Waals surface area contributed by atoms with Crippen molar-refractivity contribution in [3.05, 3.63) is 32.7 Å². The lowest BCUT2D eigenvalue weighted by Crippen LogP contribution is -2.47. The Balaban J connectivity index is 1.85. The molecule has 1 fully saturated rings. The number of carbonyl (C=O) groups is 1. The molecule has 0 spiro atoms. The number of amides is 1. The number of carbonyl (C=O) groups excluding carboxylic acids is 1. The quantitative estimate of drug-likeness (QED) is 0.667. The molecule has 0 aliphatic carbocycles. The van der Waals surface area contributed by atoms with Crippen molar-refractivity contribution in [1.82, 2.24) is 10.2 Å². The van der Waals surface area contributed by atoms with Crippen LogP contribution >= 0.6 is 31.9 Å². The summed E-state index contributed by atoms with van der Waals surface area (Å²) in [5, 5.41) is 3.68. The number of nitrogens with one attached hydrogen (secondary N) is 1. The number of piperidine rings is 1. The lowest BCUT2D eigenvalue weighted by Gasteiger charge is -2.35. The largest absolute Gasteiger partial charge is 0.444 e. The van der Waals surface area contributed by atoms with Crippen LogP contribution in [0.1, 0.15) is 52.1 Å². The van der Waals surface area contributed by atoms with Crippen LogP contribution in [0.15, 0.2) is 27.1 Å². The molecule has 1 aliphatic heterocycles. The van der Waals surface area contributed by atoms with E-state index < -0.39 is 5.60 Å². The Morgan fingerprint density at radius 3 is 2.46 bits per heavy atom. The average molecular weight is 462 g/mol. The van der Waals surface area contributed by atoms with Crippen LogP contribution in [0.5, 0.6) is 0 Å². The van der Waals surface area contributed by atoms with E-state index in [0.717, 1.165) is 34.9 Å². The van der Waals surface area contributed by atoms with Gasteiger partial charge in [0.15, 0.2) is 0 Å². The molecule has 1 saturated heterocycles. The van der Waals surface area contributed by atoms with E-state index in [9.17, 15) is 4.79 Å². The molecule has 0 aromatic heterocycles. The van der Waals surface area contributed by atoms with E-state index in [2.05, 4.69) is 62.3 Å². The zero-order chi connectivity index (χ0) is 17.9. The fourth-order valence-corrected chi connectivity index (χ4v) is 4.24. The summed E-state index contributed by atoms with van der Waals surface area (Å²) in [4.78, 5) is 13.9. The number of halogens is 2. The Labute approximate surface area is 161 Å². The predicted molar refractivity (Wildman–Crippen MR) is 104 cm³/mol. The van der Waals surface area contributed by atoms with Crippen molar-refractivity contribution in [3.63, 3.8) is 0 Å². The van der Waals surface area contributed by atoms with Gasteiger partial charge in [-0.15, -0.1) is 0 Å². The standard InChI is InChI=1S/C18H26Br2N2O2/c1-12(15-6-5-13(19)11-16(15)20)21-14-7-9-22(10-8-14)17(23)24-18(2,3)4/h5-6,11-12,14,21H,7-10H2,1-4H3. The van der Waals surface area contributed by atoms with Crippen LogP contribution in [0, 0.1) is 0 Å². The third-order valence-corrected chi connectivity index (χ3v) is 5.24. The molecule has 2 rings (SSSR count). The van der Waals surface area contributed by atoms with Gasteiger partial charge in [-0.05, 0) is 58.2 Å². The summed E-state index contributed by atoms with van der Waals surface area (Å²) < 4.78 is 7.61. The Hall–Kier alpha value is -0.590. The third-order valence-electron chi connectivity index (χ3n) is 4.06. The maximum absolute atomic E-state index is 12.1. The van der Waals surface area contributed by atoms with Gasteiger partial charge >= 0.3 is 6.09 Å². The Kier molecular flexibility index (Phi) is 6.74. The molecule has 24 heavy (non-hydrogen) atoms. The van der Waals surface area contributed by atoms with Crippen LogP contribution in [0.2, 0.25) is 0 Å². The highest BCUT2D eigenvalue weighted by Gasteiger charge is 2.27. The summed E-state index contributed by atoms with van der Waals surface area (Å²) in [6.45, 7) is 9.35. The summed E-state index contributed by atoms with van der Waals surface area (Å²) >= 11 is 7.11. The number of nitrogens with zero attached hydrogens (tertiary/aromatic N) is 1. The van der Waals surface area contributed by atoms with Crippen molar-refractivity contribution >= 4 is 38.0 Å². The van der Waals surface area contributed by atoms with Crippen LogP contribution in [0.25, 0.3) is 0 Å². The van der Waals surface area contributed by atoms with E-state index in [0.29, 0.717) is 6.04 Å². The predicted octanol–water partition coefficient (Wildman–Crippen LogP) is 5.26. The second-order valence-corrected chi connectivity index (χ2v) is 9.07. The molecule has 0 radical (unpaired) electrons. The van der Waals surface area contributed by atoms with E-state index in [4.69, 9.17) is 4.74 Å². The summed E-state index contributed by atoms with van der Waals surface area (Å²) in [7, 11) is 0. The second-order valence-electron chi connectivity index (χ2n) is 7.30. The molecule has 0 saturated carbocycles. The molecule has 1 amide bonds. The summed E-state index contributed by atoms with van der Waals surface area (Å²) in [6, 6.07) is 6.92. The van der Waals surface area contributed by atoms with Gasteiger partial charge in [0.25, 0.3) is 0 Å². The maximum Gasteiger partial charge on any atom is 0.410 e. The molecule has 1 unspecified atom stereocenters. The Bertz CT molecular complexity index is 579. The van der Waals surface area contributed by atoms with Crippen LogP contribution < -0.4 is 5.32 Å². The lowest BCUT2D eigenvalue weighted by molar-refractivity contribution is 0.0196. The normalized spacial score (nSPS) is 17.7. The van der Waals surface area contributed by atoms with Crippen molar-refractivity contribution in [1.29, 1.82) is 0 Å². The SMILES string of the molecule is CC(NC1CCN(C(=O)OC(C)(C)C)CC1)c1ccc(Br)cc1Br. The van der Waals surface area contributed by atoms with Gasteiger partial charge in [-0.25, -0.2) is 4.79 Å². The zero-order valence-corrected chi connectivity index (χ0v) is 17.9. The van der Waals surface area contributed by atoms with E-state index in [1.807, 2.05) is 25.7 Å². The molecule has 1 aliphatic rings. The van der Waals surface area contributed by atoms with E-state index >= 15 is 0 Å². The van der Waals surface area contributed by atoms with Gasteiger partial charge in [-0.1, -0.05) is 37.9 Å². The highest BCUT2D eigenvalue weighted by Crippen LogP contribution is 2.28. The molecule has 4 nitrogen and oxygen atoms in total. The van der Waals surface area contributed by atoms with Crippen LogP contribution in [0.3, 0.4) is 0 Å². The fourth-order valence-electron chi connectivity index (χ4n) is 2.85. The Morgan fingerprint density at radius 1 is 1.29 bits per heavy atom. The van der Waals surface area contributed by atoms with Gasteiger partial charge < -0.3 is 15.0 Å². The monoisotopic (exact) mass is 460 g/mol. The first-order valence-electron chi connectivity index (χ1n) is 8.34. The minimum absolute atomic E-state index is 0.204. The zero-order valence-electron chi connectivity index (χ0n) is 14.7. The Morgan fingerprint density at radius 2 is 1.92 bits per heavy atom. The molecule has 134 valence electrons. The maximum atomic E-state index is 12.1. The number of ether oxygens (including phenoxy) is 1. The lowest BCUT2D eigenvalue weighted by atomic mass is 10.0. The first-order valence-corrected chi connectivity index (χ1v) is 9.93. The van der Waals surface area contributed by atoms with Crippen molar-refractivity contribution in [2.75, 3.05) is 13.1 Å². The molecule has 1 heterocycles. The number of hydrogen-bond donors (Lipinski definition) is 1.